The summed E-state index contributed by atoms with van der Waals surface area (Å²) < 4.78 is 11.3. The van der Waals surface area contributed by atoms with Gasteiger partial charge in [0.1, 0.15) is 19.3 Å². The molecule has 0 radical (unpaired) electrons. The zero-order valence-electron chi connectivity index (χ0n) is 18.7. The molecule has 3 atom stereocenters. The van der Waals surface area contributed by atoms with E-state index in [1.54, 1.807) is 0 Å². The van der Waals surface area contributed by atoms with Crippen molar-refractivity contribution in [1.29, 1.82) is 0 Å². The van der Waals surface area contributed by atoms with Gasteiger partial charge in [-0.2, -0.15) is 0 Å². The highest BCUT2D eigenvalue weighted by Gasteiger charge is 2.33. The van der Waals surface area contributed by atoms with Gasteiger partial charge in [-0.15, -0.1) is 0 Å². The van der Waals surface area contributed by atoms with Gasteiger partial charge in [-0.05, 0) is 69.6 Å². The third kappa shape index (κ3) is 5.70. The lowest BCUT2D eigenvalue weighted by molar-refractivity contribution is -0.126. The number of rotatable bonds is 9. The molecule has 7 heteroatoms. The molecule has 0 aromatic heterocycles. The maximum absolute atomic E-state index is 13.1. The molecule has 0 spiro atoms. The van der Waals surface area contributed by atoms with E-state index < -0.39 is 6.10 Å². The molecule has 31 heavy (non-hydrogen) atoms. The monoisotopic (exact) mass is 431 g/mol. The molecule has 4 rings (SSSR count). The molecule has 0 saturated carbocycles. The first-order chi connectivity index (χ1) is 15.1. The second-order valence-electron chi connectivity index (χ2n) is 9.11. The largest absolute Gasteiger partial charge is 0.486 e. The van der Waals surface area contributed by atoms with Gasteiger partial charge < -0.3 is 29.7 Å². The van der Waals surface area contributed by atoms with E-state index in [0.717, 1.165) is 44.7 Å². The number of fused-ring (bicyclic) bond motifs is 1. The van der Waals surface area contributed by atoms with E-state index in [9.17, 15) is 9.90 Å². The maximum Gasteiger partial charge on any atom is 0.224 e. The van der Waals surface area contributed by atoms with Crippen LogP contribution in [0.15, 0.2) is 18.2 Å². The van der Waals surface area contributed by atoms with Crippen LogP contribution in [0.1, 0.15) is 50.7 Å². The summed E-state index contributed by atoms with van der Waals surface area (Å²) in [4.78, 5) is 17.8. The first-order valence-corrected chi connectivity index (χ1v) is 12.0. The number of carbonyl (C=O) groups is 1. The molecule has 0 bridgehead atoms. The van der Waals surface area contributed by atoms with Crippen molar-refractivity contribution in [2.75, 3.05) is 52.5 Å². The molecular weight excluding hydrogens is 394 g/mol. The van der Waals surface area contributed by atoms with E-state index in [1.807, 2.05) is 18.2 Å². The Morgan fingerprint density at radius 1 is 1.16 bits per heavy atom. The van der Waals surface area contributed by atoms with Crippen molar-refractivity contribution in [2.24, 2.45) is 5.92 Å². The van der Waals surface area contributed by atoms with E-state index in [4.69, 9.17) is 9.47 Å². The molecule has 1 amide bonds. The van der Waals surface area contributed by atoms with Gasteiger partial charge in [0, 0.05) is 13.1 Å². The van der Waals surface area contributed by atoms with Gasteiger partial charge in [-0.3, -0.25) is 4.79 Å². The lowest BCUT2D eigenvalue weighted by Crippen LogP contribution is -2.48. The number of amides is 1. The van der Waals surface area contributed by atoms with Gasteiger partial charge in [-0.1, -0.05) is 19.4 Å². The minimum absolute atomic E-state index is 0.00500. The van der Waals surface area contributed by atoms with E-state index in [-0.39, 0.29) is 17.9 Å². The molecule has 3 aliphatic rings. The number of hydrogen-bond donors (Lipinski definition) is 2. The van der Waals surface area contributed by atoms with Gasteiger partial charge in [-0.25, -0.2) is 0 Å². The number of aliphatic hydroxyl groups excluding tert-OH is 1. The van der Waals surface area contributed by atoms with Crippen molar-refractivity contribution in [2.45, 2.75) is 51.2 Å². The standard InChI is InChI=1S/C24H37N3O4/c1-2-3-9-27-12-8-19(16-27)24(29)25-20(17-26-10-4-5-11-26)23(28)18-6-7-21-22(15-18)31-14-13-30-21/h6-7,15,19-20,23,28H,2-5,8-14,16-17H2,1H3,(H,25,29). The van der Waals surface area contributed by atoms with Crippen molar-refractivity contribution >= 4 is 5.91 Å². The van der Waals surface area contributed by atoms with Gasteiger partial charge >= 0.3 is 0 Å². The first-order valence-electron chi connectivity index (χ1n) is 12.0. The van der Waals surface area contributed by atoms with Crippen molar-refractivity contribution in [3.63, 3.8) is 0 Å². The third-order valence-electron chi connectivity index (χ3n) is 6.74. The van der Waals surface area contributed by atoms with Crippen LogP contribution in [-0.2, 0) is 4.79 Å². The third-order valence-corrected chi connectivity index (χ3v) is 6.74. The molecule has 2 saturated heterocycles. The molecule has 0 aliphatic carbocycles. The van der Waals surface area contributed by atoms with Crippen molar-refractivity contribution in [3.05, 3.63) is 23.8 Å². The van der Waals surface area contributed by atoms with Crippen LogP contribution >= 0.6 is 0 Å². The van der Waals surface area contributed by atoms with E-state index in [2.05, 4.69) is 22.0 Å². The average molecular weight is 432 g/mol. The summed E-state index contributed by atoms with van der Waals surface area (Å²) in [6, 6.07) is 5.23. The highest BCUT2D eigenvalue weighted by atomic mass is 16.6. The highest BCUT2D eigenvalue weighted by molar-refractivity contribution is 5.79. The molecular formula is C24H37N3O4. The van der Waals surface area contributed by atoms with Crippen LogP contribution < -0.4 is 14.8 Å². The molecule has 7 nitrogen and oxygen atoms in total. The van der Waals surface area contributed by atoms with Gasteiger partial charge in [0.2, 0.25) is 5.91 Å². The Hall–Kier alpha value is -1.83. The number of aliphatic hydroxyl groups is 1. The molecule has 1 aromatic rings. The zero-order valence-corrected chi connectivity index (χ0v) is 18.7. The van der Waals surface area contributed by atoms with E-state index in [1.165, 1.54) is 25.7 Å². The summed E-state index contributed by atoms with van der Waals surface area (Å²) in [5.41, 5.74) is 0.754. The fourth-order valence-corrected chi connectivity index (χ4v) is 4.88. The molecule has 172 valence electrons. The van der Waals surface area contributed by atoms with Crippen LogP contribution in [0.3, 0.4) is 0 Å². The topological polar surface area (TPSA) is 74.3 Å². The fourth-order valence-electron chi connectivity index (χ4n) is 4.88. The molecule has 2 N–H and O–H groups in total. The van der Waals surface area contributed by atoms with Gasteiger partial charge in [0.05, 0.1) is 12.0 Å². The summed E-state index contributed by atoms with van der Waals surface area (Å²) in [5.74, 6) is 1.45. The summed E-state index contributed by atoms with van der Waals surface area (Å²) in [6.45, 7) is 8.83. The predicted molar refractivity (Wildman–Crippen MR) is 119 cm³/mol. The fraction of sp³-hybridized carbons (Fsp3) is 0.708. The summed E-state index contributed by atoms with van der Waals surface area (Å²) in [6.07, 6.45) is 4.80. The zero-order chi connectivity index (χ0) is 21.6. The Kier molecular flexibility index (Phi) is 7.69. The van der Waals surface area contributed by atoms with Crippen molar-refractivity contribution in [3.8, 4) is 11.5 Å². The number of benzene rings is 1. The quantitative estimate of drug-likeness (QED) is 0.624. The van der Waals surface area contributed by atoms with Crippen LogP contribution in [0.2, 0.25) is 0 Å². The second kappa shape index (κ2) is 10.7. The molecule has 3 unspecified atom stereocenters. The Balaban J connectivity index is 1.43. The highest BCUT2D eigenvalue weighted by Crippen LogP contribution is 2.33. The van der Waals surface area contributed by atoms with Crippen LogP contribution in [0.5, 0.6) is 11.5 Å². The van der Waals surface area contributed by atoms with Crippen LogP contribution in [-0.4, -0.2) is 79.3 Å². The summed E-state index contributed by atoms with van der Waals surface area (Å²) in [5, 5.41) is 14.5. The number of nitrogens with zero attached hydrogens (tertiary/aromatic N) is 2. The van der Waals surface area contributed by atoms with E-state index in [0.29, 0.717) is 31.3 Å². The molecule has 2 fully saturated rings. The van der Waals surface area contributed by atoms with Crippen molar-refractivity contribution < 1.29 is 19.4 Å². The first kappa shape index (κ1) is 22.4. The Morgan fingerprint density at radius 3 is 2.71 bits per heavy atom. The number of nitrogens with one attached hydrogen (secondary N) is 1. The Morgan fingerprint density at radius 2 is 1.94 bits per heavy atom. The lowest BCUT2D eigenvalue weighted by atomic mass is 9.99. The molecule has 3 heterocycles. The summed E-state index contributed by atoms with van der Waals surface area (Å²) in [7, 11) is 0. The van der Waals surface area contributed by atoms with Crippen LogP contribution in [0.4, 0.5) is 0 Å². The average Bonchev–Trinajstić information content (AvgIpc) is 3.48. The SMILES string of the molecule is CCCCN1CCC(C(=O)NC(CN2CCCC2)C(O)c2ccc3c(c2)OCCO3)C1. The Labute approximate surface area is 185 Å². The predicted octanol–water partition coefficient (Wildman–Crippen LogP) is 2.19. The number of ether oxygens (including phenoxy) is 2. The molecule has 1 aromatic carbocycles. The number of likely N-dealkylation sites (tertiary alicyclic amines) is 2. The number of carbonyl (C=O) groups excluding carboxylic acids is 1. The maximum atomic E-state index is 13.1. The normalized spacial score (nSPS) is 23.6. The van der Waals surface area contributed by atoms with Crippen LogP contribution in [0.25, 0.3) is 0 Å². The Bertz CT molecular complexity index is 738. The van der Waals surface area contributed by atoms with Crippen molar-refractivity contribution in [1.82, 2.24) is 15.1 Å². The van der Waals surface area contributed by atoms with E-state index >= 15 is 0 Å². The minimum atomic E-state index is -0.794. The minimum Gasteiger partial charge on any atom is -0.486 e. The number of hydrogen-bond acceptors (Lipinski definition) is 6. The molecule has 3 aliphatic heterocycles. The van der Waals surface area contributed by atoms with Gasteiger partial charge in [0.25, 0.3) is 0 Å². The lowest BCUT2D eigenvalue weighted by Gasteiger charge is -2.30. The van der Waals surface area contributed by atoms with Crippen LogP contribution in [0, 0.1) is 5.92 Å². The summed E-state index contributed by atoms with van der Waals surface area (Å²) >= 11 is 0. The smallest absolute Gasteiger partial charge is 0.224 e. The van der Waals surface area contributed by atoms with Gasteiger partial charge in [0.15, 0.2) is 11.5 Å². The second-order valence-corrected chi connectivity index (χ2v) is 9.11. The number of unbranched alkanes of at least 4 members (excludes halogenated alkanes) is 1.